The number of rotatable bonds is 1. The van der Waals surface area contributed by atoms with Crippen molar-refractivity contribution >= 4 is 28.0 Å². The van der Waals surface area contributed by atoms with Crippen molar-refractivity contribution < 1.29 is 4.79 Å². The predicted octanol–water partition coefficient (Wildman–Crippen LogP) is 0.0820. The molecule has 1 radical (unpaired) electrons. The number of hydrogen-bond donors (Lipinski definition) is 0. The van der Waals surface area contributed by atoms with Gasteiger partial charge in [-0.1, -0.05) is 0 Å². The van der Waals surface area contributed by atoms with Crippen LogP contribution in [0, 0.1) is 0 Å². The third-order valence-corrected chi connectivity index (χ3v) is 1.06. The van der Waals surface area contributed by atoms with Crippen LogP contribution in [-0.4, -0.2) is 21.0 Å². The Morgan fingerprint density at radius 3 is 2.50 bits per heavy atom. The molecule has 0 rings (SSSR count). The van der Waals surface area contributed by atoms with Crippen LogP contribution in [0.15, 0.2) is 0 Å². The number of hydrogen-bond acceptors (Lipinski definition) is 1. The number of carbonyl (C=O) groups is 1. The quantitative estimate of drug-likeness (QED) is 0.402. The van der Waals surface area contributed by atoms with Crippen molar-refractivity contribution in [2.45, 2.75) is 6.92 Å². The van der Waals surface area contributed by atoms with E-state index in [2.05, 4.69) is 20.2 Å². The fraction of sp³-hybridized carbons (Fsp3) is 0.500. The molecule has 0 aliphatic carbocycles. The van der Waals surface area contributed by atoms with Gasteiger partial charge < -0.3 is 0 Å². The molecular weight excluding hydrogens is 164 g/mol. The summed E-state index contributed by atoms with van der Waals surface area (Å²) in [7, 11) is 0. The van der Waals surface area contributed by atoms with Gasteiger partial charge in [0.2, 0.25) is 0 Å². The molecule has 0 saturated carbocycles. The molecule has 0 aromatic rings. The summed E-state index contributed by atoms with van der Waals surface area (Å²) in [5, 5.41) is 3.40. The Morgan fingerprint density at radius 2 is 2.50 bits per heavy atom. The Hall–Kier alpha value is 0.289. The first kappa shape index (κ1) is 6.29. The molecule has 0 fully saturated rings. The summed E-state index contributed by atoms with van der Waals surface area (Å²) in [6.45, 7) is 2.10. The molecule has 0 aliphatic rings. The molecule has 0 N–H and O–H groups in total. The summed E-state index contributed by atoms with van der Waals surface area (Å²) in [5.74, 6) is -0.129. The van der Waals surface area contributed by atoms with Crippen molar-refractivity contribution in [1.82, 2.24) is 5.09 Å². The molecule has 0 heterocycles. The van der Waals surface area contributed by atoms with E-state index in [4.69, 9.17) is 0 Å². The molecule has 0 bridgehead atoms. The van der Waals surface area contributed by atoms with Gasteiger partial charge in [-0.05, 0) is 0 Å². The van der Waals surface area contributed by atoms with Crippen molar-refractivity contribution in [1.29, 1.82) is 0 Å². The van der Waals surface area contributed by atoms with E-state index in [-0.39, 0.29) is 5.91 Å². The second-order valence-electron chi connectivity index (χ2n) is 0.701. The minimum atomic E-state index is -0.129. The molecule has 0 spiro atoms. The van der Waals surface area contributed by atoms with Crippen LogP contribution in [0.4, 0.5) is 0 Å². The second kappa shape index (κ2) is 3.48. The van der Waals surface area contributed by atoms with E-state index in [0.29, 0.717) is 6.98 Å². The van der Waals surface area contributed by atoms with E-state index < -0.39 is 0 Å². The Balaban J connectivity index is 3.05. The average molecular weight is 167 g/mol. The van der Waals surface area contributed by atoms with Gasteiger partial charge in [-0.3, -0.25) is 0 Å². The zero-order chi connectivity index (χ0) is 4.99. The van der Waals surface area contributed by atoms with Gasteiger partial charge in [0.05, 0.1) is 0 Å². The fourth-order valence-corrected chi connectivity index (χ4v) is 0.896. The van der Waals surface area contributed by atoms with Gasteiger partial charge in [-0.2, -0.15) is 0 Å². The van der Waals surface area contributed by atoms with Crippen LogP contribution >= 0.6 is 6.98 Å². The molecule has 6 heavy (non-hydrogen) atoms. The average Bonchev–Trinajstić information content (AvgIpc) is 1.35. The van der Waals surface area contributed by atoms with E-state index in [9.17, 15) is 4.79 Å². The zero-order valence-corrected chi connectivity index (χ0v) is 5.82. The second-order valence-corrected chi connectivity index (χ2v) is 2.09. The summed E-state index contributed by atoms with van der Waals surface area (Å²) in [5.41, 5.74) is 0. The Kier molecular flexibility index (Phi) is 3.65. The number of amides is 1. The van der Waals surface area contributed by atoms with E-state index >= 15 is 0 Å². The third-order valence-electron chi connectivity index (χ3n) is 0.182. The van der Waals surface area contributed by atoms with Gasteiger partial charge >= 0.3 is 44.8 Å². The standard InChI is InChI=1S/C2H3NOPSe/c1-2(4)3-5-6/h1H3. The van der Waals surface area contributed by atoms with E-state index in [0.717, 1.165) is 0 Å². The minimum absolute atomic E-state index is 0.129. The molecule has 0 saturated heterocycles. The first-order valence-corrected chi connectivity index (χ1v) is 4.37. The topological polar surface area (TPSA) is 31.2 Å². The number of carbonyl (C=O) groups excluding carboxylic acids is 1. The van der Waals surface area contributed by atoms with Crippen LogP contribution in [0.25, 0.3) is 0 Å². The molecule has 0 aromatic heterocycles. The summed E-state index contributed by atoms with van der Waals surface area (Å²) in [6, 6.07) is 0. The van der Waals surface area contributed by atoms with E-state index in [1.54, 1.807) is 0 Å². The molecule has 0 aliphatic heterocycles. The van der Waals surface area contributed by atoms with Crippen molar-refractivity contribution in [3.63, 3.8) is 0 Å². The van der Waals surface area contributed by atoms with Gasteiger partial charge in [-0.25, -0.2) is 0 Å². The Labute approximate surface area is 45.4 Å². The van der Waals surface area contributed by atoms with E-state index in [1.165, 1.54) is 6.92 Å². The first-order valence-electron chi connectivity index (χ1n) is 1.31. The summed E-state index contributed by atoms with van der Waals surface area (Å²) < 4.78 is 0. The third kappa shape index (κ3) is 4.29. The van der Waals surface area contributed by atoms with Gasteiger partial charge in [0, 0.05) is 0 Å². The zero-order valence-electron chi connectivity index (χ0n) is 3.21. The van der Waals surface area contributed by atoms with Gasteiger partial charge in [0.25, 0.3) is 0 Å². The maximum atomic E-state index is 9.85. The summed E-state index contributed by atoms with van der Waals surface area (Å²) in [6.07, 6.45) is 0. The van der Waals surface area contributed by atoms with Crippen molar-refractivity contribution in [3.05, 3.63) is 0 Å². The van der Waals surface area contributed by atoms with Crippen LogP contribution in [0.5, 0.6) is 0 Å². The van der Waals surface area contributed by atoms with Gasteiger partial charge in [0.15, 0.2) is 0 Å². The summed E-state index contributed by atoms with van der Waals surface area (Å²) >= 11 is 2.56. The normalized spacial score (nSPS) is 8.17. The molecule has 0 atom stereocenters. The molecular formula is C2H3NOPSe. The van der Waals surface area contributed by atoms with Crippen molar-refractivity contribution in [3.8, 4) is 0 Å². The van der Waals surface area contributed by atoms with Crippen molar-refractivity contribution in [2.24, 2.45) is 0 Å². The van der Waals surface area contributed by atoms with Crippen LogP contribution < -0.4 is 5.09 Å². The van der Waals surface area contributed by atoms with Crippen LogP contribution in [0.1, 0.15) is 6.92 Å². The number of nitrogens with zero attached hydrogens (tertiary/aromatic N) is 1. The molecule has 2 nitrogen and oxygen atoms in total. The molecule has 0 aromatic carbocycles. The van der Waals surface area contributed by atoms with Crippen LogP contribution in [0.3, 0.4) is 0 Å². The van der Waals surface area contributed by atoms with Crippen molar-refractivity contribution in [2.75, 3.05) is 0 Å². The molecule has 1 amide bonds. The van der Waals surface area contributed by atoms with Crippen LogP contribution in [0.2, 0.25) is 0 Å². The van der Waals surface area contributed by atoms with E-state index in [1.807, 2.05) is 0 Å². The predicted molar refractivity (Wildman–Crippen MR) is 25.5 cm³/mol. The maximum absolute atomic E-state index is 9.85. The summed E-state index contributed by atoms with van der Waals surface area (Å²) in [4.78, 5) is 9.85. The monoisotopic (exact) mass is 168 g/mol. The molecule has 4 heteroatoms. The van der Waals surface area contributed by atoms with Crippen LogP contribution in [-0.2, 0) is 4.79 Å². The first-order chi connectivity index (χ1) is 2.77. The Morgan fingerprint density at radius 1 is 2.00 bits per heavy atom. The molecule has 0 unspecified atom stereocenters. The Bertz CT molecular complexity index is 73.9. The SMILES string of the molecule is CC(=O)[N]P=[Se]. The van der Waals surface area contributed by atoms with Gasteiger partial charge in [-0.15, -0.1) is 0 Å². The fourth-order valence-electron chi connectivity index (χ4n) is 0.0575. The molecule has 33 valence electrons. The van der Waals surface area contributed by atoms with Gasteiger partial charge in [0.1, 0.15) is 0 Å².